The topological polar surface area (TPSA) is 113 Å². The Morgan fingerprint density at radius 2 is 1.72 bits per heavy atom. The van der Waals surface area contributed by atoms with E-state index in [1.807, 2.05) is 0 Å². The second-order valence-corrected chi connectivity index (χ2v) is 12.2. The van der Waals surface area contributed by atoms with Gasteiger partial charge in [0, 0.05) is 17.5 Å². The predicted molar refractivity (Wildman–Crippen MR) is 144 cm³/mol. The van der Waals surface area contributed by atoms with E-state index in [2.05, 4.69) is 45.3 Å². The van der Waals surface area contributed by atoms with Gasteiger partial charge in [-0.05, 0) is 63.3 Å². The molecule has 39 heavy (non-hydrogen) atoms. The number of amides is 4. The molecule has 2 aliphatic heterocycles. The van der Waals surface area contributed by atoms with E-state index in [1.165, 1.54) is 6.07 Å². The van der Waals surface area contributed by atoms with Gasteiger partial charge in [0.15, 0.2) is 0 Å². The summed E-state index contributed by atoms with van der Waals surface area (Å²) < 4.78 is 16.4. The molecular formula is C29H32FN5O4. The van der Waals surface area contributed by atoms with Gasteiger partial charge in [-0.25, -0.2) is 9.37 Å². The number of fused-ring (bicyclic) bond motifs is 2. The molecule has 0 radical (unpaired) electrons. The molecule has 2 aliphatic rings. The lowest BCUT2D eigenvalue weighted by atomic mass is 9.82. The molecule has 1 saturated heterocycles. The number of aromatic nitrogens is 2. The fourth-order valence-electron chi connectivity index (χ4n) is 5.89. The molecule has 0 aliphatic carbocycles. The number of imidazole rings is 1. The average Bonchev–Trinajstić information content (AvgIpc) is 3.30. The number of halogens is 1. The van der Waals surface area contributed by atoms with Crippen molar-refractivity contribution < 1.29 is 23.6 Å². The number of benzene rings is 1. The van der Waals surface area contributed by atoms with Crippen molar-refractivity contribution in [2.45, 2.75) is 72.4 Å². The smallest absolute Gasteiger partial charge is 0.262 e. The van der Waals surface area contributed by atoms with E-state index in [0.29, 0.717) is 28.4 Å². The molecule has 1 unspecified atom stereocenters. The second kappa shape index (κ2) is 9.00. The Kier molecular flexibility index (Phi) is 6.12. The van der Waals surface area contributed by atoms with Crippen LogP contribution >= 0.6 is 0 Å². The molecule has 1 atom stereocenters. The van der Waals surface area contributed by atoms with Crippen LogP contribution in [0.25, 0.3) is 16.9 Å². The summed E-state index contributed by atoms with van der Waals surface area (Å²) in [4.78, 5) is 56.3. The van der Waals surface area contributed by atoms with Gasteiger partial charge in [0.25, 0.3) is 11.8 Å². The first kappa shape index (κ1) is 26.5. The zero-order valence-corrected chi connectivity index (χ0v) is 22.9. The quantitative estimate of drug-likeness (QED) is 0.468. The third-order valence-electron chi connectivity index (χ3n) is 7.11. The van der Waals surface area contributed by atoms with Gasteiger partial charge in [0.05, 0.1) is 16.8 Å². The Balaban J connectivity index is 1.60. The number of carbonyl (C=O) groups excluding carboxylic acids is 4. The van der Waals surface area contributed by atoms with Gasteiger partial charge in [0.1, 0.15) is 29.0 Å². The largest absolute Gasteiger partial charge is 0.364 e. The van der Waals surface area contributed by atoms with Crippen molar-refractivity contribution in [1.29, 1.82) is 0 Å². The first-order valence-electron chi connectivity index (χ1n) is 13.0. The number of piperidine rings is 1. The Morgan fingerprint density at radius 1 is 1.03 bits per heavy atom. The highest BCUT2D eigenvalue weighted by atomic mass is 19.1. The van der Waals surface area contributed by atoms with Crippen molar-refractivity contribution in [2.24, 2.45) is 5.41 Å². The fraction of sp³-hybridized carbons (Fsp3) is 0.414. The molecule has 2 N–H and O–H groups in total. The molecule has 9 nitrogen and oxygen atoms in total. The maximum absolute atomic E-state index is 14.7. The van der Waals surface area contributed by atoms with Crippen LogP contribution in [-0.2, 0) is 9.59 Å². The van der Waals surface area contributed by atoms with Gasteiger partial charge in [-0.1, -0.05) is 26.8 Å². The summed E-state index contributed by atoms with van der Waals surface area (Å²) in [5, 5.41) is 5.78. The summed E-state index contributed by atoms with van der Waals surface area (Å²) >= 11 is 0. The van der Waals surface area contributed by atoms with Crippen LogP contribution in [0.15, 0.2) is 30.3 Å². The zero-order chi connectivity index (χ0) is 28.4. The maximum Gasteiger partial charge on any atom is 0.262 e. The van der Waals surface area contributed by atoms with E-state index in [0.717, 1.165) is 11.3 Å². The number of imide groups is 2. The summed E-state index contributed by atoms with van der Waals surface area (Å²) in [5.74, 6) is -2.06. The summed E-state index contributed by atoms with van der Waals surface area (Å²) in [6.07, 6.45) is 0.932. The minimum Gasteiger partial charge on any atom is -0.364 e. The van der Waals surface area contributed by atoms with E-state index in [4.69, 9.17) is 4.98 Å². The molecule has 0 spiro atoms. The molecule has 0 saturated carbocycles. The molecule has 204 valence electrons. The second-order valence-electron chi connectivity index (χ2n) is 12.2. The number of carbonyl (C=O) groups is 4. The lowest BCUT2D eigenvalue weighted by molar-refractivity contribution is -0.136. The highest BCUT2D eigenvalue weighted by Crippen LogP contribution is 2.38. The molecule has 5 rings (SSSR count). The third kappa shape index (κ3) is 4.68. The maximum atomic E-state index is 14.7. The Morgan fingerprint density at radius 3 is 2.38 bits per heavy atom. The van der Waals surface area contributed by atoms with Crippen LogP contribution < -0.4 is 10.6 Å². The number of anilines is 1. The SMILES string of the molecule is Cc1c(F)ccc2nc(-c3ccc4c(c3)C(=O)N(C3CCC(=O)NC3=O)C4=O)c(NC(C)(C)CC(C)(C)C)n12. The van der Waals surface area contributed by atoms with Gasteiger partial charge in [-0.3, -0.25) is 33.8 Å². The number of nitrogens with one attached hydrogen (secondary N) is 2. The van der Waals surface area contributed by atoms with Gasteiger partial charge in [-0.2, -0.15) is 0 Å². The lowest BCUT2D eigenvalue weighted by Crippen LogP contribution is -2.54. The van der Waals surface area contributed by atoms with E-state index >= 15 is 0 Å². The lowest BCUT2D eigenvalue weighted by Gasteiger charge is -2.34. The average molecular weight is 534 g/mol. The fourth-order valence-corrected chi connectivity index (χ4v) is 5.89. The number of nitrogens with zero attached hydrogens (tertiary/aromatic N) is 3. The summed E-state index contributed by atoms with van der Waals surface area (Å²) in [6, 6.07) is 6.77. The van der Waals surface area contributed by atoms with Crippen molar-refractivity contribution >= 4 is 35.1 Å². The van der Waals surface area contributed by atoms with Gasteiger partial charge >= 0.3 is 0 Å². The molecule has 2 aromatic heterocycles. The zero-order valence-electron chi connectivity index (χ0n) is 22.9. The van der Waals surface area contributed by atoms with Crippen molar-refractivity contribution in [1.82, 2.24) is 19.6 Å². The van der Waals surface area contributed by atoms with Crippen LogP contribution in [0.4, 0.5) is 10.2 Å². The van der Waals surface area contributed by atoms with Crippen LogP contribution in [0.2, 0.25) is 0 Å². The molecular weight excluding hydrogens is 501 g/mol. The predicted octanol–water partition coefficient (Wildman–Crippen LogP) is 4.48. The van der Waals surface area contributed by atoms with E-state index in [9.17, 15) is 23.6 Å². The minimum atomic E-state index is -1.05. The number of rotatable bonds is 5. The molecule has 0 bridgehead atoms. The minimum absolute atomic E-state index is 0.0112. The van der Waals surface area contributed by atoms with Crippen molar-refractivity contribution in [3.63, 3.8) is 0 Å². The number of aryl methyl sites for hydroxylation is 1. The first-order valence-corrected chi connectivity index (χ1v) is 13.0. The molecule has 1 aromatic carbocycles. The molecule has 1 fully saturated rings. The van der Waals surface area contributed by atoms with E-state index in [1.54, 1.807) is 35.6 Å². The van der Waals surface area contributed by atoms with Crippen molar-refractivity contribution in [3.8, 4) is 11.3 Å². The third-order valence-corrected chi connectivity index (χ3v) is 7.11. The molecule has 4 heterocycles. The Hall–Kier alpha value is -4.08. The van der Waals surface area contributed by atoms with Gasteiger partial charge in [-0.15, -0.1) is 0 Å². The first-order chi connectivity index (χ1) is 18.2. The summed E-state index contributed by atoms with van der Waals surface area (Å²) in [5.41, 5.74) is 1.95. The summed E-state index contributed by atoms with van der Waals surface area (Å²) in [7, 11) is 0. The number of hydrogen-bond donors (Lipinski definition) is 2. The number of hydrogen-bond acceptors (Lipinski definition) is 6. The van der Waals surface area contributed by atoms with Crippen molar-refractivity contribution in [3.05, 3.63) is 53.0 Å². The van der Waals surface area contributed by atoms with E-state index in [-0.39, 0.29) is 35.2 Å². The molecule has 10 heteroatoms. The molecule has 3 aromatic rings. The van der Waals surface area contributed by atoms with Crippen LogP contribution in [-0.4, -0.2) is 49.5 Å². The van der Waals surface area contributed by atoms with Gasteiger partial charge < -0.3 is 5.32 Å². The van der Waals surface area contributed by atoms with Crippen LogP contribution in [0, 0.1) is 18.2 Å². The standard InChI is InChI=1S/C29H32FN5O4/c1-15-19(30)9-11-21-31-23(24(34(15)21)33-29(5,6)14-28(2,3)4)16-7-8-17-18(13-16)27(39)35(26(17)38)20-10-12-22(36)32-25(20)37/h7-9,11,13,20,33H,10,12,14H2,1-6H3,(H,32,36,37). The monoisotopic (exact) mass is 533 g/mol. The molecule has 4 amide bonds. The van der Waals surface area contributed by atoms with Crippen LogP contribution in [0.5, 0.6) is 0 Å². The highest BCUT2D eigenvalue weighted by Gasteiger charge is 2.44. The summed E-state index contributed by atoms with van der Waals surface area (Å²) in [6.45, 7) is 12.3. The Bertz CT molecular complexity index is 1570. The highest BCUT2D eigenvalue weighted by molar-refractivity contribution is 6.23. The normalized spacial score (nSPS) is 18.1. The van der Waals surface area contributed by atoms with Crippen molar-refractivity contribution in [2.75, 3.05) is 5.32 Å². The van der Waals surface area contributed by atoms with Gasteiger partial charge in [0.2, 0.25) is 11.8 Å². The van der Waals surface area contributed by atoms with Crippen LogP contribution in [0.1, 0.15) is 80.3 Å². The van der Waals surface area contributed by atoms with E-state index < -0.39 is 35.2 Å². The number of pyridine rings is 1. The van der Waals surface area contributed by atoms with Crippen LogP contribution in [0.3, 0.4) is 0 Å². The Labute approximate surface area is 225 Å².